The van der Waals surface area contributed by atoms with Crippen molar-refractivity contribution in [2.75, 3.05) is 9.80 Å². The summed E-state index contributed by atoms with van der Waals surface area (Å²) < 4.78 is 2.50. The van der Waals surface area contributed by atoms with Crippen LogP contribution in [0.4, 0.5) is 34.1 Å². The SMILES string of the molecule is c1ccc(N(c2ccccc2)c2cc(N(c3ccccc3)c3ccccc3)c3c4ccccc4n(-c4ccc5c(c4)C(c4ccccc4)(c4ccccc4)c4ccccc4-5)c3c2)cc1. The average molecular weight is 818 g/mol. The van der Waals surface area contributed by atoms with Crippen LogP contribution in [-0.4, -0.2) is 4.57 Å². The van der Waals surface area contributed by atoms with Gasteiger partial charge in [0, 0.05) is 39.2 Å². The Bertz CT molecular complexity index is 3300. The van der Waals surface area contributed by atoms with Crippen LogP contribution in [0.15, 0.2) is 261 Å². The number of anilines is 6. The van der Waals surface area contributed by atoms with Gasteiger partial charge in [0.2, 0.25) is 0 Å². The first-order valence-electron chi connectivity index (χ1n) is 22.0. The average Bonchev–Trinajstić information content (AvgIpc) is 3.86. The number of aromatic nitrogens is 1. The van der Waals surface area contributed by atoms with Crippen molar-refractivity contribution >= 4 is 55.9 Å². The summed E-state index contributed by atoms with van der Waals surface area (Å²) in [6.45, 7) is 0. The Kier molecular flexibility index (Phi) is 9.05. The molecule has 1 aromatic heterocycles. The zero-order valence-electron chi connectivity index (χ0n) is 35.2. The van der Waals surface area contributed by atoms with E-state index in [4.69, 9.17) is 0 Å². The van der Waals surface area contributed by atoms with Crippen LogP contribution in [0.25, 0.3) is 38.6 Å². The van der Waals surface area contributed by atoms with E-state index in [0.29, 0.717) is 0 Å². The van der Waals surface area contributed by atoms with Crippen molar-refractivity contribution in [2.45, 2.75) is 5.41 Å². The van der Waals surface area contributed by atoms with Crippen LogP contribution >= 0.6 is 0 Å². The lowest BCUT2D eigenvalue weighted by Crippen LogP contribution is -2.28. The molecule has 1 heterocycles. The summed E-state index contributed by atoms with van der Waals surface area (Å²) in [7, 11) is 0. The van der Waals surface area contributed by atoms with E-state index >= 15 is 0 Å². The van der Waals surface area contributed by atoms with E-state index in [2.05, 4.69) is 275 Å². The first kappa shape index (κ1) is 37.4. The zero-order valence-corrected chi connectivity index (χ0v) is 35.2. The molecule has 3 heteroatoms. The number of hydrogen-bond donors (Lipinski definition) is 0. The zero-order chi connectivity index (χ0) is 42.5. The third kappa shape index (κ3) is 5.90. The van der Waals surface area contributed by atoms with Gasteiger partial charge in [0.25, 0.3) is 0 Å². The van der Waals surface area contributed by atoms with Crippen molar-refractivity contribution < 1.29 is 0 Å². The Labute approximate surface area is 374 Å². The minimum absolute atomic E-state index is 0.533. The summed E-state index contributed by atoms with van der Waals surface area (Å²) in [5.41, 5.74) is 16.9. The van der Waals surface area contributed by atoms with Gasteiger partial charge in [0.1, 0.15) is 0 Å². The molecule has 10 aromatic carbocycles. The van der Waals surface area contributed by atoms with Crippen molar-refractivity contribution in [3.05, 3.63) is 283 Å². The predicted octanol–water partition coefficient (Wildman–Crippen LogP) is 16.1. The molecule has 0 radical (unpaired) electrons. The molecule has 0 fully saturated rings. The van der Waals surface area contributed by atoms with Crippen LogP contribution in [0.1, 0.15) is 22.3 Å². The summed E-state index contributed by atoms with van der Waals surface area (Å²) >= 11 is 0. The number of hydrogen-bond acceptors (Lipinski definition) is 2. The van der Waals surface area contributed by atoms with E-state index in [0.717, 1.165) is 50.8 Å². The number of para-hydroxylation sites is 5. The highest BCUT2D eigenvalue weighted by molar-refractivity contribution is 6.18. The molecule has 0 N–H and O–H groups in total. The Balaban J connectivity index is 1.21. The maximum Gasteiger partial charge on any atom is 0.0714 e. The molecule has 0 bridgehead atoms. The van der Waals surface area contributed by atoms with Gasteiger partial charge in [-0.05, 0) is 112 Å². The molecule has 0 spiro atoms. The van der Waals surface area contributed by atoms with Crippen LogP contribution in [0.5, 0.6) is 0 Å². The standard InChI is InChI=1S/C61H43N3/c1-7-23-44(24-8-1)61(45-25-9-2-10-26-45)55-37-21-19-35-52(55)53-40-39-50(41-56(53)61)64-57-38-22-20-36-54(57)60-58(63(48-31-15-5-16-32-48)49-33-17-6-18-34-49)42-51(43-59(60)64)62(46-27-11-3-12-28-46)47-29-13-4-14-30-47/h1-43H. The lowest BCUT2D eigenvalue weighted by Gasteiger charge is -2.34. The smallest absolute Gasteiger partial charge is 0.0714 e. The van der Waals surface area contributed by atoms with Crippen LogP contribution < -0.4 is 9.80 Å². The van der Waals surface area contributed by atoms with Gasteiger partial charge < -0.3 is 14.4 Å². The van der Waals surface area contributed by atoms with Gasteiger partial charge in [-0.2, -0.15) is 0 Å². The second-order valence-corrected chi connectivity index (χ2v) is 16.5. The molecule has 0 atom stereocenters. The Hall–Kier alpha value is -8.40. The molecule has 302 valence electrons. The number of rotatable bonds is 9. The fourth-order valence-electron chi connectivity index (χ4n) is 10.4. The van der Waals surface area contributed by atoms with Crippen molar-refractivity contribution in [2.24, 2.45) is 0 Å². The van der Waals surface area contributed by atoms with E-state index in [1.165, 1.54) is 44.2 Å². The van der Waals surface area contributed by atoms with Gasteiger partial charge in [-0.15, -0.1) is 0 Å². The van der Waals surface area contributed by atoms with Crippen LogP contribution in [0, 0.1) is 0 Å². The van der Waals surface area contributed by atoms with Crippen molar-refractivity contribution in [3.8, 4) is 16.8 Å². The van der Waals surface area contributed by atoms with E-state index < -0.39 is 5.41 Å². The maximum atomic E-state index is 2.50. The number of benzene rings is 10. The lowest BCUT2D eigenvalue weighted by molar-refractivity contribution is 0.767. The van der Waals surface area contributed by atoms with E-state index in [1.54, 1.807) is 0 Å². The molecule has 0 aliphatic heterocycles. The molecule has 1 aliphatic rings. The summed E-state index contributed by atoms with van der Waals surface area (Å²) in [5, 5.41) is 2.36. The molecule has 64 heavy (non-hydrogen) atoms. The molecule has 11 aromatic rings. The molecular weight excluding hydrogens is 775 g/mol. The molecule has 0 saturated carbocycles. The molecule has 0 amide bonds. The summed E-state index contributed by atoms with van der Waals surface area (Å²) in [4.78, 5) is 4.81. The third-order valence-electron chi connectivity index (χ3n) is 13.0. The third-order valence-corrected chi connectivity index (χ3v) is 13.0. The number of nitrogens with zero attached hydrogens (tertiary/aromatic N) is 3. The van der Waals surface area contributed by atoms with Gasteiger partial charge in [-0.3, -0.25) is 0 Å². The Morgan fingerprint density at radius 2 is 0.766 bits per heavy atom. The Morgan fingerprint density at radius 3 is 1.33 bits per heavy atom. The quantitative estimate of drug-likeness (QED) is 0.144. The highest BCUT2D eigenvalue weighted by atomic mass is 15.2. The minimum atomic E-state index is -0.533. The van der Waals surface area contributed by atoms with Crippen LogP contribution in [0.2, 0.25) is 0 Å². The maximum absolute atomic E-state index is 2.50. The summed E-state index contributed by atoms with van der Waals surface area (Å²) in [6, 6.07) is 95.0. The van der Waals surface area contributed by atoms with Crippen LogP contribution in [-0.2, 0) is 5.41 Å². The monoisotopic (exact) mass is 817 g/mol. The number of fused-ring (bicyclic) bond motifs is 6. The normalized spacial score (nSPS) is 12.5. The fourth-order valence-corrected chi connectivity index (χ4v) is 10.4. The highest BCUT2D eigenvalue weighted by Crippen LogP contribution is 2.57. The largest absolute Gasteiger partial charge is 0.310 e. The molecule has 1 aliphatic carbocycles. The first-order valence-corrected chi connectivity index (χ1v) is 22.0. The van der Waals surface area contributed by atoms with Crippen LogP contribution in [0.3, 0.4) is 0 Å². The first-order chi connectivity index (χ1) is 31.8. The predicted molar refractivity (Wildman–Crippen MR) is 267 cm³/mol. The van der Waals surface area contributed by atoms with Gasteiger partial charge >= 0.3 is 0 Å². The van der Waals surface area contributed by atoms with Gasteiger partial charge in [0.05, 0.1) is 27.8 Å². The van der Waals surface area contributed by atoms with Crippen molar-refractivity contribution in [1.82, 2.24) is 4.57 Å². The second kappa shape index (κ2) is 15.5. The minimum Gasteiger partial charge on any atom is -0.310 e. The van der Waals surface area contributed by atoms with Gasteiger partial charge in [-0.1, -0.05) is 182 Å². The fraction of sp³-hybridized carbons (Fsp3) is 0.0164. The molecule has 3 nitrogen and oxygen atoms in total. The summed E-state index contributed by atoms with van der Waals surface area (Å²) in [5.74, 6) is 0. The van der Waals surface area contributed by atoms with E-state index in [-0.39, 0.29) is 0 Å². The van der Waals surface area contributed by atoms with E-state index in [9.17, 15) is 0 Å². The van der Waals surface area contributed by atoms with E-state index in [1.807, 2.05) is 0 Å². The van der Waals surface area contributed by atoms with Gasteiger partial charge in [-0.25, -0.2) is 0 Å². The molecule has 12 rings (SSSR count). The highest BCUT2D eigenvalue weighted by Gasteiger charge is 2.46. The van der Waals surface area contributed by atoms with Gasteiger partial charge in [0.15, 0.2) is 0 Å². The van der Waals surface area contributed by atoms with Crippen molar-refractivity contribution in [1.29, 1.82) is 0 Å². The molecular formula is C61H43N3. The molecule has 0 saturated heterocycles. The second-order valence-electron chi connectivity index (χ2n) is 16.5. The van der Waals surface area contributed by atoms with Crippen molar-refractivity contribution in [3.63, 3.8) is 0 Å². The molecule has 0 unspecified atom stereocenters. The topological polar surface area (TPSA) is 11.4 Å². The lowest BCUT2D eigenvalue weighted by atomic mass is 9.67. The summed E-state index contributed by atoms with van der Waals surface area (Å²) in [6.07, 6.45) is 0. The Morgan fingerprint density at radius 1 is 0.312 bits per heavy atom.